The van der Waals surface area contributed by atoms with Gasteiger partial charge in [-0.05, 0) is 61.6 Å². The molecule has 3 rings (SSSR count). The molecule has 1 N–H and O–H groups in total. The molecular weight excluding hydrogens is 314 g/mol. The average Bonchev–Trinajstić information content (AvgIpc) is 3.01. The first-order valence-corrected chi connectivity index (χ1v) is 9.51. The van der Waals surface area contributed by atoms with Crippen molar-refractivity contribution < 1.29 is 14.7 Å². The molecule has 1 amide bonds. The third kappa shape index (κ3) is 4.05. The van der Waals surface area contributed by atoms with Crippen molar-refractivity contribution in [2.24, 2.45) is 17.8 Å². The highest BCUT2D eigenvalue weighted by molar-refractivity contribution is 5.82. The van der Waals surface area contributed by atoms with Crippen molar-refractivity contribution in [2.45, 2.75) is 52.4 Å². The van der Waals surface area contributed by atoms with E-state index in [1.807, 2.05) is 36.9 Å². The summed E-state index contributed by atoms with van der Waals surface area (Å²) in [4.78, 5) is 26.4. The van der Waals surface area contributed by atoms with Crippen LogP contribution >= 0.6 is 0 Å². The number of aryl methyl sites for hydroxylation is 2. The zero-order valence-corrected chi connectivity index (χ0v) is 15.3. The Morgan fingerprint density at radius 2 is 1.68 bits per heavy atom. The minimum Gasteiger partial charge on any atom is -0.481 e. The van der Waals surface area contributed by atoms with Gasteiger partial charge in [-0.2, -0.15) is 0 Å². The summed E-state index contributed by atoms with van der Waals surface area (Å²) in [5.74, 6) is -0.213. The summed E-state index contributed by atoms with van der Waals surface area (Å²) in [6.07, 6.45) is 5.53. The van der Waals surface area contributed by atoms with Crippen molar-refractivity contribution in [3.05, 3.63) is 34.9 Å². The molecule has 2 fully saturated rings. The van der Waals surface area contributed by atoms with E-state index in [2.05, 4.69) is 0 Å². The molecule has 4 heteroatoms. The Morgan fingerprint density at radius 1 is 1.12 bits per heavy atom. The largest absolute Gasteiger partial charge is 0.481 e. The fourth-order valence-electron chi connectivity index (χ4n) is 4.61. The van der Waals surface area contributed by atoms with Gasteiger partial charge in [0.05, 0.1) is 5.92 Å². The Bertz CT molecular complexity index is 620. The molecule has 1 saturated carbocycles. The molecule has 1 aromatic carbocycles. The molecule has 0 aromatic heterocycles. The fraction of sp³-hybridized carbons (Fsp3) is 0.619. The summed E-state index contributed by atoms with van der Waals surface area (Å²) >= 11 is 0. The Labute approximate surface area is 150 Å². The molecular formula is C21H29NO3. The number of fused-ring (bicyclic) bond motifs is 1. The molecule has 3 unspecified atom stereocenters. The van der Waals surface area contributed by atoms with Gasteiger partial charge in [-0.3, -0.25) is 9.59 Å². The molecule has 1 saturated heterocycles. The second kappa shape index (κ2) is 7.59. The topological polar surface area (TPSA) is 57.6 Å². The highest BCUT2D eigenvalue weighted by Crippen LogP contribution is 2.36. The van der Waals surface area contributed by atoms with Crippen LogP contribution in [0.2, 0.25) is 0 Å². The number of hydrogen-bond acceptors (Lipinski definition) is 2. The highest BCUT2D eigenvalue weighted by atomic mass is 16.4. The van der Waals surface area contributed by atoms with Crippen molar-refractivity contribution in [1.29, 1.82) is 0 Å². The molecule has 3 atom stereocenters. The summed E-state index contributed by atoms with van der Waals surface area (Å²) in [6, 6.07) is 6.00. The molecule has 1 aliphatic heterocycles. The molecule has 0 spiro atoms. The van der Waals surface area contributed by atoms with Crippen molar-refractivity contribution in [1.82, 2.24) is 4.90 Å². The van der Waals surface area contributed by atoms with Crippen LogP contribution in [0.4, 0.5) is 0 Å². The summed E-state index contributed by atoms with van der Waals surface area (Å²) in [5.41, 5.74) is 3.27. The molecule has 1 heterocycles. The van der Waals surface area contributed by atoms with E-state index < -0.39 is 11.9 Å². The number of carbonyl (C=O) groups is 2. The van der Waals surface area contributed by atoms with E-state index in [0.717, 1.165) is 29.8 Å². The lowest BCUT2D eigenvalue weighted by molar-refractivity contribution is -0.145. The summed E-state index contributed by atoms with van der Waals surface area (Å²) in [7, 11) is 0. The van der Waals surface area contributed by atoms with Crippen LogP contribution in [0.1, 0.15) is 48.8 Å². The van der Waals surface area contributed by atoms with Crippen molar-refractivity contribution in [3.8, 4) is 0 Å². The number of likely N-dealkylation sites (tertiary alicyclic amines) is 1. The van der Waals surface area contributed by atoms with Gasteiger partial charge in [0, 0.05) is 19.5 Å². The van der Waals surface area contributed by atoms with Gasteiger partial charge in [0.1, 0.15) is 0 Å². The molecule has 2 aliphatic rings. The molecule has 25 heavy (non-hydrogen) atoms. The van der Waals surface area contributed by atoms with Crippen LogP contribution in [0, 0.1) is 31.6 Å². The SMILES string of the molecule is Cc1cccc(C)c1CC(CC(=O)N1CC2CCCCC2C1)C(=O)O. The maximum absolute atomic E-state index is 12.7. The van der Waals surface area contributed by atoms with Gasteiger partial charge in [-0.15, -0.1) is 0 Å². The lowest BCUT2D eigenvalue weighted by Gasteiger charge is -2.22. The van der Waals surface area contributed by atoms with E-state index in [4.69, 9.17) is 0 Å². The smallest absolute Gasteiger partial charge is 0.307 e. The Morgan fingerprint density at radius 3 is 2.20 bits per heavy atom. The maximum Gasteiger partial charge on any atom is 0.307 e. The third-order valence-electron chi connectivity index (χ3n) is 6.19. The van der Waals surface area contributed by atoms with E-state index in [1.165, 1.54) is 25.7 Å². The second-order valence-corrected chi connectivity index (χ2v) is 7.92. The minimum atomic E-state index is -0.868. The number of carboxylic acids is 1. The van der Waals surface area contributed by atoms with Gasteiger partial charge in [0.2, 0.25) is 5.91 Å². The molecule has 0 bridgehead atoms. The van der Waals surface area contributed by atoms with Crippen molar-refractivity contribution >= 4 is 11.9 Å². The van der Waals surface area contributed by atoms with E-state index in [1.54, 1.807) is 0 Å². The molecule has 1 aliphatic carbocycles. The highest BCUT2D eigenvalue weighted by Gasteiger charge is 2.37. The van der Waals surface area contributed by atoms with Gasteiger partial charge in [0.25, 0.3) is 0 Å². The Balaban J connectivity index is 1.66. The zero-order chi connectivity index (χ0) is 18.0. The number of amides is 1. The standard InChI is InChI=1S/C21H29NO3/c1-14-6-5-7-15(2)19(14)10-18(21(24)25)11-20(23)22-12-16-8-3-4-9-17(16)13-22/h5-7,16-18H,3-4,8-13H2,1-2H3,(H,24,25). The van der Waals surface area contributed by atoms with Gasteiger partial charge >= 0.3 is 5.97 Å². The third-order valence-corrected chi connectivity index (χ3v) is 6.19. The van der Waals surface area contributed by atoms with E-state index in [-0.39, 0.29) is 12.3 Å². The normalized spacial score (nSPS) is 24.0. The second-order valence-electron chi connectivity index (χ2n) is 7.92. The first kappa shape index (κ1) is 18.0. The number of rotatable bonds is 5. The van der Waals surface area contributed by atoms with Crippen LogP contribution in [0.15, 0.2) is 18.2 Å². The number of nitrogens with zero attached hydrogens (tertiary/aromatic N) is 1. The van der Waals surface area contributed by atoms with Gasteiger partial charge in [0.15, 0.2) is 0 Å². The lowest BCUT2D eigenvalue weighted by Crippen LogP contribution is -2.33. The summed E-state index contributed by atoms with van der Waals surface area (Å²) < 4.78 is 0. The number of carbonyl (C=O) groups excluding carboxylic acids is 1. The quantitative estimate of drug-likeness (QED) is 0.889. The van der Waals surface area contributed by atoms with Gasteiger partial charge in [-0.1, -0.05) is 31.0 Å². The monoisotopic (exact) mass is 343 g/mol. The summed E-state index contributed by atoms with van der Waals surface area (Å²) in [6.45, 7) is 5.68. The number of hydrogen-bond donors (Lipinski definition) is 1. The van der Waals surface area contributed by atoms with Crippen LogP contribution in [-0.2, 0) is 16.0 Å². The minimum absolute atomic E-state index is 0.0213. The van der Waals surface area contributed by atoms with Crippen LogP contribution in [0.25, 0.3) is 0 Å². The Hall–Kier alpha value is -1.84. The molecule has 1 aromatic rings. The molecule has 136 valence electrons. The Kier molecular flexibility index (Phi) is 5.45. The van der Waals surface area contributed by atoms with E-state index >= 15 is 0 Å². The summed E-state index contributed by atoms with van der Waals surface area (Å²) in [5, 5.41) is 9.64. The average molecular weight is 343 g/mol. The van der Waals surface area contributed by atoms with Crippen molar-refractivity contribution in [2.75, 3.05) is 13.1 Å². The predicted octanol–water partition coefficient (Wildman–Crippen LogP) is 3.59. The van der Waals surface area contributed by atoms with Gasteiger partial charge in [-0.25, -0.2) is 0 Å². The molecule has 4 nitrogen and oxygen atoms in total. The molecule has 0 radical (unpaired) electrons. The van der Waals surface area contributed by atoms with Crippen LogP contribution in [0.3, 0.4) is 0 Å². The first-order chi connectivity index (χ1) is 12.0. The zero-order valence-electron chi connectivity index (χ0n) is 15.3. The fourth-order valence-corrected chi connectivity index (χ4v) is 4.61. The number of carboxylic acid groups (broad SMARTS) is 1. The number of benzene rings is 1. The van der Waals surface area contributed by atoms with E-state index in [9.17, 15) is 14.7 Å². The van der Waals surface area contributed by atoms with Crippen LogP contribution in [-0.4, -0.2) is 35.0 Å². The maximum atomic E-state index is 12.7. The van der Waals surface area contributed by atoms with E-state index in [0.29, 0.717) is 18.3 Å². The van der Waals surface area contributed by atoms with Crippen LogP contribution < -0.4 is 0 Å². The van der Waals surface area contributed by atoms with Gasteiger partial charge < -0.3 is 10.0 Å². The first-order valence-electron chi connectivity index (χ1n) is 9.51. The van der Waals surface area contributed by atoms with Crippen LogP contribution in [0.5, 0.6) is 0 Å². The lowest BCUT2D eigenvalue weighted by atomic mass is 9.82. The predicted molar refractivity (Wildman–Crippen MR) is 97.4 cm³/mol. The number of aliphatic carboxylic acids is 1. The van der Waals surface area contributed by atoms with Crippen molar-refractivity contribution in [3.63, 3.8) is 0 Å².